The van der Waals surface area contributed by atoms with Crippen molar-refractivity contribution in [3.8, 4) is 11.5 Å². The van der Waals surface area contributed by atoms with Crippen LogP contribution in [-0.4, -0.2) is 45.2 Å². The van der Waals surface area contributed by atoms with Crippen molar-refractivity contribution in [3.05, 3.63) is 59.2 Å². The predicted molar refractivity (Wildman–Crippen MR) is 135 cm³/mol. The maximum atomic E-state index is 5.46. The van der Waals surface area contributed by atoms with Gasteiger partial charge in [-0.1, -0.05) is 38.1 Å². The predicted octanol–water partition coefficient (Wildman–Crippen LogP) is 4.03. The van der Waals surface area contributed by atoms with Crippen molar-refractivity contribution >= 4 is 29.9 Å². The molecule has 2 N–H and O–H groups in total. The molecule has 0 aliphatic rings. The second kappa shape index (κ2) is 14.1. The second-order valence-corrected chi connectivity index (χ2v) is 6.74. The molecule has 0 atom stereocenters. The summed E-state index contributed by atoms with van der Waals surface area (Å²) < 4.78 is 10.7. The van der Waals surface area contributed by atoms with E-state index in [1.165, 1.54) is 11.1 Å². The van der Waals surface area contributed by atoms with E-state index < -0.39 is 0 Å². The summed E-state index contributed by atoms with van der Waals surface area (Å²) in [5, 5.41) is 6.73. The van der Waals surface area contributed by atoms with E-state index in [4.69, 9.17) is 9.47 Å². The molecule has 2 aromatic rings. The minimum Gasteiger partial charge on any atom is -0.497 e. The zero-order chi connectivity index (χ0) is 21.1. The Balaban J connectivity index is 0.00000450. The lowest BCUT2D eigenvalue weighted by Crippen LogP contribution is -2.36. The minimum absolute atomic E-state index is 0. The quantitative estimate of drug-likeness (QED) is 0.278. The number of hydrogen-bond donors (Lipinski definition) is 2. The molecule has 6 nitrogen and oxygen atoms in total. The highest BCUT2D eigenvalue weighted by Crippen LogP contribution is 2.24. The molecular formula is C23H35IN4O2. The molecule has 0 aromatic heterocycles. The molecule has 2 rings (SSSR count). The van der Waals surface area contributed by atoms with Gasteiger partial charge in [0.2, 0.25) is 0 Å². The number of benzene rings is 2. The van der Waals surface area contributed by atoms with Crippen LogP contribution < -0.4 is 20.1 Å². The number of nitrogens with zero attached hydrogens (tertiary/aromatic N) is 2. The van der Waals surface area contributed by atoms with Crippen LogP contribution in [0.4, 0.5) is 0 Å². The topological polar surface area (TPSA) is 58.1 Å². The maximum Gasteiger partial charge on any atom is 0.191 e. The standard InChI is InChI=1S/C23H34N4O2.HI/c1-6-27(7-2)17-19-10-8-9-18(13-19)15-25-23(24-3)26-16-20-11-12-21(28-4)14-22(20)29-5;/h8-14H,6-7,15-17H2,1-5H3,(H2,24,25,26);1H. The van der Waals surface area contributed by atoms with Crippen LogP contribution in [0.1, 0.15) is 30.5 Å². The van der Waals surface area contributed by atoms with Gasteiger partial charge in [-0.3, -0.25) is 9.89 Å². The van der Waals surface area contributed by atoms with E-state index in [-0.39, 0.29) is 24.0 Å². The van der Waals surface area contributed by atoms with Crippen LogP contribution in [0.15, 0.2) is 47.5 Å². The summed E-state index contributed by atoms with van der Waals surface area (Å²) in [7, 11) is 5.09. The monoisotopic (exact) mass is 526 g/mol. The Morgan fingerprint density at radius 2 is 1.63 bits per heavy atom. The van der Waals surface area contributed by atoms with Crippen LogP contribution >= 0.6 is 24.0 Å². The summed E-state index contributed by atoms with van der Waals surface area (Å²) in [6, 6.07) is 14.5. The van der Waals surface area contributed by atoms with Gasteiger partial charge in [-0.05, 0) is 36.3 Å². The Kier molecular flexibility index (Phi) is 12.2. The number of guanidine groups is 1. The van der Waals surface area contributed by atoms with Crippen molar-refractivity contribution in [2.24, 2.45) is 4.99 Å². The molecule has 2 aromatic carbocycles. The Bertz CT molecular complexity index is 795. The van der Waals surface area contributed by atoms with Crippen molar-refractivity contribution < 1.29 is 9.47 Å². The fraction of sp³-hybridized carbons (Fsp3) is 0.435. The molecule has 166 valence electrons. The van der Waals surface area contributed by atoms with E-state index in [1.807, 2.05) is 18.2 Å². The van der Waals surface area contributed by atoms with Gasteiger partial charge >= 0.3 is 0 Å². The number of hydrogen-bond acceptors (Lipinski definition) is 4. The minimum atomic E-state index is 0. The number of halogens is 1. The van der Waals surface area contributed by atoms with E-state index in [0.717, 1.165) is 42.7 Å². The molecule has 0 saturated heterocycles. The molecule has 0 amide bonds. The lowest BCUT2D eigenvalue weighted by molar-refractivity contribution is 0.296. The van der Waals surface area contributed by atoms with E-state index in [1.54, 1.807) is 21.3 Å². The zero-order valence-corrected chi connectivity index (χ0v) is 21.0. The molecule has 0 saturated carbocycles. The Labute approximate surface area is 198 Å². The number of aliphatic imine (C=N–C) groups is 1. The number of nitrogens with one attached hydrogen (secondary N) is 2. The molecule has 0 spiro atoms. The summed E-state index contributed by atoms with van der Waals surface area (Å²) in [4.78, 5) is 6.74. The largest absolute Gasteiger partial charge is 0.497 e. The normalized spacial score (nSPS) is 11.1. The number of ether oxygens (including phenoxy) is 2. The molecule has 0 bridgehead atoms. The summed E-state index contributed by atoms with van der Waals surface area (Å²) in [5.74, 6) is 2.31. The molecule has 30 heavy (non-hydrogen) atoms. The smallest absolute Gasteiger partial charge is 0.191 e. The van der Waals surface area contributed by atoms with E-state index in [2.05, 4.69) is 58.6 Å². The van der Waals surface area contributed by atoms with Gasteiger partial charge in [0.1, 0.15) is 11.5 Å². The first-order valence-electron chi connectivity index (χ1n) is 10.1. The van der Waals surface area contributed by atoms with Gasteiger partial charge in [0.15, 0.2) is 5.96 Å². The van der Waals surface area contributed by atoms with Gasteiger partial charge in [-0.2, -0.15) is 0 Å². The lowest BCUT2D eigenvalue weighted by atomic mass is 10.1. The fourth-order valence-corrected chi connectivity index (χ4v) is 3.13. The third-order valence-corrected chi connectivity index (χ3v) is 4.92. The average Bonchev–Trinajstić information content (AvgIpc) is 2.77. The Morgan fingerprint density at radius 1 is 0.933 bits per heavy atom. The van der Waals surface area contributed by atoms with Crippen LogP contribution in [0.5, 0.6) is 11.5 Å². The molecule has 0 aliphatic heterocycles. The van der Waals surface area contributed by atoms with Crippen molar-refractivity contribution in [3.63, 3.8) is 0 Å². The average molecular weight is 526 g/mol. The van der Waals surface area contributed by atoms with Crippen molar-refractivity contribution in [1.82, 2.24) is 15.5 Å². The summed E-state index contributed by atoms with van der Waals surface area (Å²) in [6.45, 7) is 8.81. The van der Waals surface area contributed by atoms with Crippen molar-refractivity contribution in [2.75, 3.05) is 34.4 Å². The molecule has 0 radical (unpaired) electrons. The highest BCUT2D eigenvalue weighted by molar-refractivity contribution is 14.0. The third-order valence-electron chi connectivity index (χ3n) is 4.92. The lowest BCUT2D eigenvalue weighted by Gasteiger charge is -2.18. The maximum absolute atomic E-state index is 5.46. The van der Waals surface area contributed by atoms with E-state index >= 15 is 0 Å². The SMILES string of the molecule is CCN(CC)Cc1cccc(CNC(=NC)NCc2ccc(OC)cc2OC)c1.I. The van der Waals surface area contributed by atoms with Crippen LogP contribution in [0.3, 0.4) is 0 Å². The van der Waals surface area contributed by atoms with Gasteiger partial charge in [-0.15, -0.1) is 24.0 Å². The number of methoxy groups -OCH3 is 2. The van der Waals surface area contributed by atoms with E-state index in [0.29, 0.717) is 13.1 Å². The summed E-state index contributed by atoms with van der Waals surface area (Å²) in [5.41, 5.74) is 3.61. The Morgan fingerprint density at radius 3 is 2.27 bits per heavy atom. The highest BCUT2D eigenvalue weighted by atomic mass is 127. The van der Waals surface area contributed by atoms with Crippen LogP contribution in [0.2, 0.25) is 0 Å². The second-order valence-electron chi connectivity index (χ2n) is 6.74. The van der Waals surface area contributed by atoms with Crippen LogP contribution in [-0.2, 0) is 19.6 Å². The van der Waals surface area contributed by atoms with Crippen molar-refractivity contribution in [1.29, 1.82) is 0 Å². The third kappa shape index (κ3) is 8.02. The van der Waals surface area contributed by atoms with Gasteiger partial charge in [0.05, 0.1) is 14.2 Å². The first-order valence-corrected chi connectivity index (χ1v) is 10.1. The van der Waals surface area contributed by atoms with E-state index in [9.17, 15) is 0 Å². The first-order chi connectivity index (χ1) is 14.1. The van der Waals surface area contributed by atoms with Gasteiger partial charge in [0, 0.05) is 38.3 Å². The molecule has 0 unspecified atom stereocenters. The van der Waals surface area contributed by atoms with Gasteiger partial charge in [0.25, 0.3) is 0 Å². The van der Waals surface area contributed by atoms with Crippen LogP contribution in [0, 0.1) is 0 Å². The fourth-order valence-electron chi connectivity index (χ4n) is 3.13. The van der Waals surface area contributed by atoms with Crippen LogP contribution in [0.25, 0.3) is 0 Å². The molecular weight excluding hydrogens is 491 g/mol. The van der Waals surface area contributed by atoms with Gasteiger partial charge in [-0.25, -0.2) is 0 Å². The molecule has 0 heterocycles. The molecule has 0 fully saturated rings. The summed E-state index contributed by atoms with van der Waals surface area (Å²) in [6.07, 6.45) is 0. The number of rotatable bonds is 10. The summed E-state index contributed by atoms with van der Waals surface area (Å²) >= 11 is 0. The first kappa shape index (κ1) is 26.0. The van der Waals surface area contributed by atoms with Crippen molar-refractivity contribution in [2.45, 2.75) is 33.5 Å². The highest BCUT2D eigenvalue weighted by Gasteiger charge is 2.07. The van der Waals surface area contributed by atoms with Gasteiger partial charge < -0.3 is 20.1 Å². The molecule has 7 heteroatoms. The Hall–Kier alpha value is -2.00. The molecule has 0 aliphatic carbocycles. The zero-order valence-electron chi connectivity index (χ0n) is 18.7.